The highest BCUT2D eigenvalue weighted by Gasteiger charge is 2.26. The summed E-state index contributed by atoms with van der Waals surface area (Å²) in [5.74, 6) is 1.10. The second kappa shape index (κ2) is 6.89. The predicted molar refractivity (Wildman–Crippen MR) is 89.2 cm³/mol. The minimum atomic E-state index is 0.0336. The van der Waals surface area contributed by atoms with Crippen molar-refractivity contribution in [3.8, 4) is 0 Å². The van der Waals surface area contributed by atoms with Gasteiger partial charge in [-0.25, -0.2) is 9.78 Å². The van der Waals surface area contributed by atoms with Gasteiger partial charge in [-0.05, 0) is 25.5 Å². The van der Waals surface area contributed by atoms with Gasteiger partial charge < -0.3 is 19.4 Å². The van der Waals surface area contributed by atoms with E-state index in [2.05, 4.69) is 45.5 Å². The number of carbonyl (C=O) groups excluding carboxylic acids is 1. The van der Waals surface area contributed by atoms with Gasteiger partial charge in [-0.1, -0.05) is 6.92 Å². The maximum absolute atomic E-state index is 12.4. The first-order valence-electron chi connectivity index (χ1n) is 8.40. The first-order chi connectivity index (χ1) is 11.2. The molecular formula is C17H25N5O. The fourth-order valence-electron chi connectivity index (χ4n) is 3.26. The molecule has 1 N–H and O–H groups in total. The number of hydrogen-bond acceptors (Lipinski definition) is 2. The summed E-state index contributed by atoms with van der Waals surface area (Å²) in [4.78, 5) is 18.6. The second-order valence-electron chi connectivity index (χ2n) is 5.97. The molecule has 0 bridgehead atoms. The van der Waals surface area contributed by atoms with Crippen LogP contribution in [-0.2, 0) is 19.5 Å². The van der Waals surface area contributed by atoms with Gasteiger partial charge in [0.15, 0.2) is 0 Å². The molecule has 0 spiro atoms. The summed E-state index contributed by atoms with van der Waals surface area (Å²) in [6.45, 7) is 7.40. The second-order valence-corrected chi connectivity index (χ2v) is 5.97. The van der Waals surface area contributed by atoms with Crippen molar-refractivity contribution in [2.24, 2.45) is 0 Å². The number of imidazole rings is 1. The molecule has 6 heteroatoms. The third kappa shape index (κ3) is 3.25. The molecule has 3 rings (SSSR count). The van der Waals surface area contributed by atoms with Gasteiger partial charge in [0, 0.05) is 56.9 Å². The highest BCUT2D eigenvalue weighted by molar-refractivity contribution is 5.74. The van der Waals surface area contributed by atoms with Crippen molar-refractivity contribution in [2.45, 2.75) is 45.8 Å². The lowest BCUT2D eigenvalue weighted by Gasteiger charge is -2.34. The van der Waals surface area contributed by atoms with Crippen molar-refractivity contribution in [3.63, 3.8) is 0 Å². The third-order valence-corrected chi connectivity index (χ3v) is 4.57. The van der Waals surface area contributed by atoms with Crippen LogP contribution in [0.25, 0.3) is 0 Å². The van der Waals surface area contributed by atoms with E-state index in [0.717, 1.165) is 38.3 Å². The van der Waals surface area contributed by atoms with E-state index in [0.29, 0.717) is 6.54 Å². The smallest absolute Gasteiger partial charge is 0.318 e. The Hall–Kier alpha value is -2.24. The number of nitrogens with one attached hydrogen (secondary N) is 1. The molecule has 23 heavy (non-hydrogen) atoms. The number of hydrogen-bond donors (Lipinski definition) is 1. The Kier molecular flexibility index (Phi) is 4.69. The maximum atomic E-state index is 12.4. The van der Waals surface area contributed by atoms with Crippen LogP contribution in [0.5, 0.6) is 0 Å². The van der Waals surface area contributed by atoms with E-state index >= 15 is 0 Å². The summed E-state index contributed by atoms with van der Waals surface area (Å²) in [5, 5.41) is 3.05. The van der Waals surface area contributed by atoms with Gasteiger partial charge in [-0.3, -0.25) is 0 Å². The van der Waals surface area contributed by atoms with E-state index in [1.807, 2.05) is 23.4 Å². The van der Waals surface area contributed by atoms with E-state index in [9.17, 15) is 4.79 Å². The molecule has 0 saturated heterocycles. The normalized spacial score (nSPS) is 17.1. The first-order valence-corrected chi connectivity index (χ1v) is 8.40. The van der Waals surface area contributed by atoms with Gasteiger partial charge in [-0.15, -0.1) is 0 Å². The zero-order chi connectivity index (χ0) is 16.2. The molecule has 1 aliphatic rings. The van der Waals surface area contributed by atoms with E-state index in [1.165, 1.54) is 5.69 Å². The molecule has 124 valence electrons. The van der Waals surface area contributed by atoms with Crippen LogP contribution in [0.4, 0.5) is 4.79 Å². The van der Waals surface area contributed by atoms with Crippen LogP contribution in [-0.4, -0.2) is 38.1 Å². The Bertz CT molecular complexity index is 659. The van der Waals surface area contributed by atoms with Crippen molar-refractivity contribution in [3.05, 3.63) is 42.2 Å². The SMILES string of the molecule is CCc1nccn1CCCNC(=O)N1CCn2cccc2[C@@H]1C. The Balaban J connectivity index is 1.47. The number of aryl methyl sites for hydroxylation is 2. The number of carbonyl (C=O) groups is 1. The highest BCUT2D eigenvalue weighted by Crippen LogP contribution is 2.24. The van der Waals surface area contributed by atoms with Crippen LogP contribution in [0.1, 0.15) is 37.8 Å². The summed E-state index contributed by atoms with van der Waals surface area (Å²) in [6.07, 6.45) is 7.76. The zero-order valence-electron chi connectivity index (χ0n) is 13.9. The van der Waals surface area contributed by atoms with E-state index in [4.69, 9.17) is 0 Å². The highest BCUT2D eigenvalue weighted by atomic mass is 16.2. The topological polar surface area (TPSA) is 55.1 Å². The number of amides is 2. The Morgan fingerprint density at radius 1 is 1.39 bits per heavy atom. The third-order valence-electron chi connectivity index (χ3n) is 4.57. The van der Waals surface area contributed by atoms with Crippen LogP contribution in [0.2, 0.25) is 0 Å². The minimum absolute atomic E-state index is 0.0336. The van der Waals surface area contributed by atoms with Crippen molar-refractivity contribution in [1.82, 2.24) is 24.3 Å². The van der Waals surface area contributed by atoms with Crippen molar-refractivity contribution < 1.29 is 4.79 Å². The molecule has 0 aliphatic carbocycles. The lowest BCUT2D eigenvalue weighted by Crippen LogP contribution is -2.46. The van der Waals surface area contributed by atoms with Crippen LogP contribution in [0.3, 0.4) is 0 Å². The van der Waals surface area contributed by atoms with Gasteiger partial charge in [0.2, 0.25) is 0 Å². The molecular weight excluding hydrogens is 290 g/mol. The number of urea groups is 1. The molecule has 1 aliphatic heterocycles. The lowest BCUT2D eigenvalue weighted by atomic mass is 10.1. The fraction of sp³-hybridized carbons (Fsp3) is 0.529. The summed E-state index contributed by atoms with van der Waals surface area (Å²) in [7, 11) is 0. The Labute approximate surface area is 137 Å². The van der Waals surface area contributed by atoms with Gasteiger partial charge in [0.05, 0.1) is 6.04 Å². The standard InChI is InChI=1S/C17H25N5O/c1-3-16-18-8-11-21(16)10-5-7-19-17(23)22-13-12-20-9-4-6-15(20)14(22)2/h4,6,8-9,11,14H,3,5,7,10,12-13H2,1-2H3,(H,19,23)/t14-/m0/s1. The largest absolute Gasteiger partial charge is 0.348 e. The summed E-state index contributed by atoms with van der Waals surface area (Å²) in [6, 6.07) is 4.30. The quantitative estimate of drug-likeness (QED) is 0.862. The Morgan fingerprint density at radius 2 is 2.26 bits per heavy atom. The number of fused-ring (bicyclic) bond motifs is 1. The molecule has 0 fully saturated rings. The van der Waals surface area contributed by atoms with Gasteiger partial charge in [-0.2, -0.15) is 0 Å². The van der Waals surface area contributed by atoms with Crippen LogP contribution in [0.15, 0.2) is 30.7 Å². The molecule has 0 radical (unpaired) electrons. The Morgan fingerprint density at radius 3 is 3.09 bits per heavy atom. The lowest BCUT2D eigenvalue weighted by molar-refractivity contribution is 0.162. The van der Waals surface area contributed by atoms with Gasteiger partial charge >= 0.3 is 6.03 Å². The molecule has 1 atom stereocenters. The minimum Gasteiger partial charge on any atom is -0.348 e. The monoisotopic (exact) mass is 315 g/mol. The maximum Gasteiger partial charge on any atom is 0.318 e. The predicted octanol–water partition coefficient (Wildman–Crippen LogP) is 2.42. The van der Waals surface area contributed by atoms with Gasteiger partial charge in [0.25, 0.3) is 0 Å². The number of aromatic nitrogens is 3. The average molecular weight is 315 g/mol. The van der Waals surface area contributed by atoms with Crippen molar-refractivity contribution in [2.75, 3.05) is 13.1 Å². The molecule has 0 aromatic carbocycles. The molecule has 6 nitrogen and oxygen atoms in total. The molecule has 0 saturated carbocycles. The van der Waals surface area contributed by atoms with Crippen LogP contribution >= 0.6 is 0 Å². The molecule has 2 amide bonds. The molecule has 2 aromatic rings. The summed E-state index contributed by atoms with van der Waals surface area (Å²) >= 11 is 0. The summed E-state index contributed by atoms with van der Waals surface area (Å²) in [5.41, 5.74) is 1.21. The number of nitrogens with zero attached hydrogens (tertiary/aromatic N) is 4. The number of rotatable bonds is 5. The zero-order valence-corrected chi connectivity index (χ0v) is 13.9. The van der Waals surface area contributed by atoms with Crippen molar-refractivity contribution >= 4 is 6.03 Å². The van der Waals surface area contributed by atoms with E-state index < -0.39 is 0 Å². The fourth-order valence-corrected chi connectivity index (χ4v) is 3.26. The average Bonchev–Trinajstić information content (AvgIpc) is 3.20. The van der Waals surface area contributed by atoms with Crippen LogP contribution in [0, 0.1) is 0 Å². The van der Waals surface area contributed by atoms with Crippen LogP contribution < -0.4 is 5.32 Å². The molecule has 3 heterocycles. The van der Waals surface area contributed by atoms with E-state index in [1.54, 1.807) is 0 Å². The first kappa shape index (κ1) is 15.6. The van der Waals surface area contributed by atoms with Gasteiger partial charge in [0.1, 0.15) is 5.82 Å². The van der Waals surface area contributed by atoms with E-state index in [-0.39, 0.29) is 12.1 Å². The molecule has 2 aromatic heterocycles. The van der Waals surface area contributed by atoms with Crippen molar-refractivity contribution in [1.29, 1.82) is 0 Å². The summed E-state index contributed by atoms with van der Waals surface area (Å²) < 4.78 is 4.38. The molecule has 0 unspecified atom stereocenters.